The minimum absolute atomic E-state index is 0.152. The molecule has 0 aliphatic carbocycles. The van der Waals surface area contributed by atoms with Crippen LogP contribution in [0.3, 0.4) is 0 Å². The topological polar surface area (TPSA) is 36.5 Å². The molecule has 0 amide bonds. The van der Waals surface area contributed by atoms with E-state index in [1.807, 2.05) is 0 Å². The lowest BCUT2D eigenvalue weighted by Gasteiger charge is -2.48. The predicted molar refractivity (Wildman–Crippen MR) is 98.9 cm³/mol. The van der Waals surface area contributed by atoms with Crippen LogP contribution < -0.4 is 20.3 Å². The first-order chi connectivity index (χ1) is 11.8. The molecule has 0 radical (unpaired) electrons. The molecule has 1 fully saturated rings. The number of nitrogens with zero attached hydrogens (tertiary/aromatic N) is 1. The summed E-state index contributed by atoms with van der Waals surface area (Å²) in [6.45, 7) is 4.14. The van der Waals surface area contributed by atoms with Crippen LogP contribution in [0, 0.1) is 0 Å². The Morgan fingerprint density at radius 1 is 1.08 bits per heavy atom. The summed E-state index contributed by atoms with van der Waals surface area (Å²) in [7, 11) is 1.73. The van der Waals surface area contributed by atoms with Gasteiger partial charge in [0.25, 0.3) is 0 Å². The first-order valence-corrected chi connectivity index (χ1v) is 8.74. The molecule has 0 unspecified atom stereocenters. The number of methoxy groups -OCH3 is 1. The zero-order valence-corrected chi connectivity index (χ0v) is 14.2. The van der Waals surface area contributed by atoms with E-state index >= 15 is 0 Å². The van der Waals surface area contributed by atoms with Gasteiger partial charge in [-0.15, -0.1) is 0 Å². The lowest BCUT2D eigenvalue weighted by atomic mass is 9.85. The summed E-state index contributed by atoms with van der Waals surface area (Å²) in [6, 6.07) is 17.1. The highest BCUT2D eigenvalue weighted by atomic mass is 16.5. The summed E-state index contributed by atoms with van der Waals surface area (Å²) in [5.41, 5.74) is 3.96. The number of anilines is 2. The molecule has 2 aromatic carbocycles. The molecule has 1 spiro atoms. The molecule has 2 heterocycles. The highest BCUT2D eigenvalue weighted by molar-refractivity contribution is 5.75. The molecule has 0 bridgehead atoms. The van der Waals surface area contributed by atoms with Gasteiger partial charge in [-0.2, -0.15) is 0 Å². The van der Waals surface area contributed by atoms with Gasteiger partial charge in [0.1, 0.15) is 5.75 Å². The van der Waals surface area contributed by atoms with Crippen molar-refractivity contribution in [2.24, 2.45) is 0 Å². The van der Waals surface area contributed by atoms with Crippen molar-refractivity contribution in [1.82, 2.24) is 5.32 Å². The summed E-state index contributed by atoms with van der Waals surface area (Å²) >= 11 is 0. The van der Waals surface area contributed by atoms with Gasteiger partial charge in [-0.3, -0.25) is 0 Å². The van der Waals surface area contributed by atoms with Crippen LogP contribution in [0.4, 0.5) is 11.4 Å². The first-order valence-electron chi connectivity index (χ1n) is 8.74. The van der Waals surface area contributed by atoms with Gasteiger partial charge in [0, 0.05) is 19.2 Å². The summed E-state index contributed by atoms with van der Waals surface area (Å²) < 4.78 is 5.44. The number of ether oxygens (including phenoxy) is 1. The number of hydrogen-bond acceptors (Lipinski definition) is 4. The number of fused-ring (bicyclic) bond motifs is 1. The van der Waals surface area contributed by atoms with E-state index in [0.29, 0.717) is 0 Å². The Morgan fingerprint density at radius 2 is 1.88 bits per heavy atom. The van der Waals surface area contributed by atoms with Crippen LogP contribution in [0.25, 0.3) is 0 Å². The number of rotatable bonds is 3. The van der Waals surface area contributed by atoms with E-state index in [1.165, 1.54) is 16.9 Å². The zero-order valence-electron chi connectivity index (χ0n) is 14.2. The fourth-order valence-electron chi connectivity index (χ4n) is 3.93. The quantitative estimate of drug-likeness (QED) is 0.909. The second-order valence-electron chi connectivity index (χ2n) is 6.88. The molecule has 4 rings (SSSR count). The Bertz CT molecular complexity index is 695. The summed E-state index contributed by atoms with van der Waals surface area (Å²) in [6.07, 6.45) is 2.30. The summed E-state index contributed by atoms with van der Waals surface area (Å²) in [5, 5.41) is 7.33. The highest BCUT2D eigenvalue weighted by Gasteiger charge is 2.38. The maximum Gasteiger partial charge on any atom is 0.121 e. The standard InChI is InChI=1S/C20H25N3O/c1-24-17-7-8-19-18(13-17)22-20(9-11-21-12-10-20)15-23(19)14-16-5-3-2-4-6-16/h2-8,13,21-22H,9-12,14-15H2,1H3. The number of benzene rings is 2. The van der Waals surface area contributed by atoms with E-state index in [1.54, 1.807) is 7.11 Å². The van der Waals surface area contributed by atoms with Crippen LogP contribution in [-0.2, 0) is 6.54 Å². The number of nitrogens with one attached hydrogen (secondary N) is 2. The van der Waals surface area contributed by atoms with Crippen molar-refractivity contribution in [1.29, 1.82) is 0 Å². The molecule has 0 atom stereocenters. The fraction of sp³-hybridized carbons (Fsp3) is 0.400. The number of piperidine rings is 1. The van der Waals surface area contributed by atoms with Crippen molar-refractivity contribution >= 4 is 11.4 Å². The van der Waals surface area contributed by atoms with E-state index in [2.05, 4.69) is 64.1 Å². The van der Waals surface area contributed by atoms with Crippen molar-refractivity contribution in [2.75, 3.05) is 37.0 Å². The monoisotopic (exact) mass is 323 g/mol. The molecule has 2 aromatic rings. The first kappa shape index (κ1) is 15.3. The van der Waals surface area contributed by atoms with E-state index in [0.717, 1.165) is 44.8 Å². The van der Waals surface area contributed by atoms with Crippen molar-refractivity contribution in [3.05, 3.63) is 54.1 Å². The molecule has 4 heteroatoms. The van der Waals surface area contributed by atoms with Gasteiger partial charge < -0.3 is 20.3 Å². The Hall–Kier alpha value is -2.20. The molecule has 0 saturated carbocycles. The Labute approximate surface area is 143 Å². The largest absolute Gasteiger partial charge is 0.497 e. The van der Waals surface area contributed by atoms with Gasteiger partial charge >= 0.3 is 0 Å². The smallest absolute Gasteiger partial charge is 0.121 e. The molecule has 2 N–H and O–H groups in total. The van der Waals surface area contributed by atoms with Crippen LogP contribution in [0.2, 0.25) is 0 Å². The number of hydrogen-bond donors (Lipinski definition) is 2. The molecule has 2 aliphatic heterocycles. The minimum atomic E-state index is 0.152. The molecule has 126 valence electrons. The third-order valence-corrected chi connectivity index (χ3v) is 5.21. The third-order valence-electron chi connectivity index (χ3n) is 5.21. The van der Waals surface area contributed by atoms with Gasteiger partial charge in [0.05, 0.1) is 24.0 Å². The average molecular weight is 323 g/mol. The van der Waals surface area contributed by atoms with E-state index in [9.17, 15) is 0 Å². The van der Waals surface area contributed by atoms with Crippen molar-refractivity contribution in [3.8, 4) is 5.75 Å². The maximum absolute atomic E-state index is 5.44. The van der Waals surface area contributed by atoms with E-state index < -0.39 is 0 Å². The minimum Gasteiger partial charge on any atom is -0.497 e. The van der Waals surface area contributed by atoms with Gasteiger partial charge in [-0.1, -0.05) is 30.3 Å². The molecule has 1 saturated heterocycles. The molecule has 2 aliphatic rings. The van der Waals surface area contributed by atoms with Gasteiger partial charge in [0.15, 0.2) is 0 Å². The SMILES string of the molecule is COc1ccc2c(c1)NC1(CCNCC1)CN2Cc1ccccc1. The average Bonchev–Trinajstić information content (AvgIpc) is 2.62. The molecule has 24 heavy (non-hydrogen) atoms. The molecular formula is C20H25N3O. The Morgan fingerprint density at radius 3 is 2.62 bits per heavy atom. The second kappa shape index (κ2) is 6.36. The van der Waals surface area contributed by atoms with Gasteiger partial charge in [0.2, 0.25) is 0 Å². The van der Waals surface area contributed by atoms with Crippen molar-refractivity contribution in [3.63, 3.8) is 0 Å². The molecular weight excluding hydrogens is 298 g/mol. The van der Waals surface area contributed by atoms with Crippen LogP contribution in [0.15, 0.2) is 48.5 Å². The maximum atomic E-state index is 5.44. The zero-order chi connectivity index (χ0) is 16.4. The van der Waals surface area contributed by atoms with Crippen molar-refractivity contribution < 1.29 is 4.74 Å². The van der Waals surface area contributed by atoms with Crippen LogP contribution in [-0.4, -0.2) is 32.3 Å². The molecule has 4 nitrogen and oxygen atoms in total. The van der Waals surface area contributed by atoms with Crippen LogP contribution in [0.5, 0.6) is 5.75 Å². The normalized spacial score (nSPS) is 18.8. The van der Waals surface area contributed by atoms with Crippen LogP contribution in [0.1, 0.15) is 18.4 Å². The Kier molecular flexibility index (Phi) is 4.07. The van der Waals surface area contributed by atoms with Crippen LogP contribution >= 0.6 is 0 Å². The van der Waals surface area contributed by atoms with Gasteiger partial charge in [-0.05, 0) is 43.6 Å². The van der Waals surface area contributed by atoms with Gasteiger partial charge in [-0.25, -0.2) is 0 Å². The predicted octanol–water partition coefficient (Wildman–Crippen LogP) is 3.25. The second-order valence-corrected chi connectivity index (χ2v) is 6.88. The van der Waals surface area contributed by atoms with Crippen molar-refractivity contribution in [2.45, 2.75) is 24.9 Å². The summed E-state index contributed by atoms with van der Waals surface area (Å²) in [5.74, 6) is 0.909. The summed E-state index contributed by atoms with van der Waals surface area (Å²) in [4.78, 5) is 2.52. The highest BCUT2D eigenvalue weighted by Crippen LogP contribution is 2.40. The molecule has 0 aromatic heterocycles. The third kappa shape index (κ3) is 2.94. The lowest BCUT2D eigenvalue weighted by Crippen LogP contribution is -2.57. The lowest BCUT2D eigenvalue weighted by molar-refractivity contribution is 0.331. The van der Waals surface area contributed by atoms with E-state index in [4.69, 9.17) is 4.74 Å². The van der Waals surface area contributed by atoms with E-state index in [-0.39, 0.29) is 5.54 Å². The Balaban J connectivity index is 1.69. The fourth-order valence-corrected chi connectivity index (χ4v) is 3.93.